The molecule has 1 aromatic rings. The van der Waals surface area contributed by atoms with Crippen LogP contribution in [-0.2, 0) is 0 Å². The third-order valence-electron chi connectivity index (χ3n) is 2.79. The summed E-state index contributed by atoms with van der Waals surface area (Å²) in [5, 5.41) is 14.1. The van der Waals surface area contributed by atoms with Gasteiger partial charge in [0.15, 0.2) is 0 Å². The number of nitrogens with one attached hydrogen (secondary N) is 1. The van der Waals surface area contributed by atoms with Crippen LogP contribution in [0.2, 0.25) is 5.02 Å². The SMILES string of the molecule is CCN(CC)CCNc1ccc(Cl)c([N+](=O)[O-])c1. The van der Waals surface area contributed by atoms with Crippen molar-refractivity contribution in [3.63, 3.8) is 0 Å². The van der Waals surface area contributed by atoms with Gasteiger partial charge in [0.1, 0.15) is 5.02 Å². The van der Waals surface area contributed by atoms with Crippen LogP contribution in [0.1, 0.15) is 13.8 Å². The molecule has 1 N–H and O–H groups in total. The summed E-state index contributed by atoms with van der Waals surface area (Å²) in [7, 11) is 0. The topological polar surface area (TPSA) is 58.4 Å². The molecular weight excluding hydrogens is 254 g/mol. The van der Waals surface area contributed by atoms with Crippen LogP contribution in [0.3, 0.4) is 0 Å². The first-order valence-electron chi connectivity index (χ1n) is 5.98. The number of hydrogen-bond donors (Lipinski definition) is 1. The van der Waals surface area contributed by atoms with Gasteiger partial charge in [0.25, 0.3) is 5.69 Å². The minimum Gasteiger partial charge on any atom is -0.384 e. The van der Waals surface area contributed by atoms with Crippen molar-refractivity contribution >= 4 is 23.0 Å². The zero-order valence-electron chi connectivity index (χ0n) is 10.6. The maximum absolute atomic E-state index is 10.7. The van der Waals surface area contributed by atoms with Gasteiger partial charge in [-0.1, -0.05) is 25.4 Å². The van der Waals surface area contributed by atoms with Crippen LogP contribution in [0.4, 0.5) is 11.4 Å². The van der Waals surface area contributed by atoms with E-state index in [-0.39, 0.29) is 10.7 Å². The van der Waals surface area contributed by atoms with E-state index in [1.165, 1.54) is 6.07 Å². The summed E-state index contributed by atoms with van der Waals surface area (Å²) in [4.78, 5) is 12.5. The third-order valence-corrected chi connectivity index (χ3v) is 3.11. The highest BCUT2D eigenvalue weighted by Crippen LogP contribution is 2.27. The number of hydrogen-bond acceptors (Lipinski definition) is 4. The molecule has 0 atom stereocenters. The highest BCUT2D eigenvalue weighted by molar-refractivity contribution is 6.32. The van der Waals surface area contributed by atoms with Crippen LogP contribution >= 0.6 is 11.6 Å². The molecule has 0 saturated heterocycles. The second-order valence-corrected chi connectivity index (χ2v) is 4.28. The van der Waals surface area contributed by atoms with Crippen molar-refractivity contribution in [2.45, 2.75) is 13.8 Å². The van der Waals surface area contributed by atoms with Crippen LogP contribution in [0.15, 0.2) is 18.2 Å². The molecule has 6 heteroatoms. The fourth-order valence-electron chi connectivity index (χ4n) is 1.66. The second kappa shape index (κ2) is 7.18. The minimum atomic E-state index is -0.474. The Balaban J connectivity index is 2.58. The molecular formula is C12H18ClN3O2. The zero-order valence-corrected chi connectivity index (χ0v) is 11.4. The quantitative estimate of drug-likeness (QED) is 0.612. The summed E-state index contributed by atoms with van der Waals surface area (Å²) in [5.74, 6) is 0. The van der Waals surface area contributed by atoms with Gasteiger partial charge in [-0.2, -0.15) is 0 Å². The molecule has 0 aliphatic heterocycles. The average molecular weight is 272 g/mol. The highest BCUT2D eigenvalue weighted by Gasteiger charge is 2.12. The molecule has 0 spiro atoms. The van der Waals surface area contributed by atoms with E-state index in [2.05, 4.69) is 24.1 Å². The average Bonchev–Trinajstić information content (AvgIpc) is 2.36. The van der Waals surface area contributed by atoms with E-state index in [9.17, 15) is 10.1 Å². The predicted molar refractivity (Wildman–Crippen MR) is 74.4 cm³/mol. The van der Waals surface area contributed by atoms with Gasteiger partial charge in [-0.3, -0.25) is 10.1 Å². The molecule has 0 aromatic heterocycles. The van der Waals surface area contributed by atoms with Gasteiger partial charge in [-0.15, -0.1) is 0 Å². The largest absolute Gasteiger partial charge is 0.384 e. The number of nitro groups is 1. The minimum absolute atomic E-state index is 0.0653. The Morgan fingerprint density at radius 2 is 2.06 bits per heavy atom. The van der Waals surface area contributed by atoms with E-state index in [0.29, 0.717) is 0 Å². The summed E-state index contributed by atoms with van der Waals surface area (Å²) in [6, 6.07) is 4.75. The Bertz CT molecular complexity index is 408. The van der Waals surface area contributed by atoms with Gasteiger partial charge in [0.05, 0.1) is 4.92 Å². The van der Waals surface area contributed by atoms with Crippen molar-refractivity contribution in [3.8, 4) is 0 Å². The maximum atomic E-state index is 10.7. The van der Waals surface area contributed by atoms with E-state index in [1.54, 1.807) is 12.1 Å². The van der Waals surface area contributed by atoms with Crippen LogP contribution in [0.25, 0.3) is 0 Å². The number of benzene rings is 1. The fraction of sp³-hybridized carbons (Fsp3) is 0.500. The maximum Gasteiger partial charge on any atom is 0.289 e. The van der Waals surface area contributed by atoms with Crippen LogP contribution in [-0.4, -0.2) is 36.0 Å². The van der Waals surface area contributed by atoms with Crippen molar-refractivity contribution < 1.29 is 4.92 Å². The normalized spacial score (nSPS) is 10.7. The number of rotatable bonds is 7. The Morgan fingerprint density at radius 1 is 1.39 bits per heavy atom. The van der Waals surface area contributed by atoms with Crippen molar-refractivity contribution in [1.82, 2.24) is 4.90 Å². The molecule has 0 saturated carbocycles. The molecule has 0 aliphatic carbocycles. The smallest absolute Gasteiger partial charge is 0.289 e. The van der Waals surface area contributed by atoms with Gasteiger partial charge in [0, 0.05) is 24.8 Å². The monoisotopic (exact) mass is 271 g/mol. The lowest BCUT2D eigenvalue weighted by Crippen LogP contribution is -2.28. The molecule has 0 radical (unpaired) electrons. The molecule has 0 bridgehead atoms. The Morgan fingerprint density at radius 3 is 2.61 bits per heavy atom. The summed E-state index contributed by atoms with van der Waals surface area (Å²) in [6.45, 7) is 7.87. The predicted octanol–water partition coefficient (Wildman–Crippen LogP) is 3.00. The first-order valence-corrected chi connectivity index (χ1v) is 6.36. The number of nitrogens with zero attached hydrogens (tertiary/aromatic N) is 2. The van der Waals surface area contributed by atoms with E-state index < -0.39 is 4.92 Å². The number of likely N-dealkylation sites (N-methyl/N-ethyl adjacent to an activating group) is 1. The van der Waals surface area contributed by atoms with Crippen LogP contribution < -0.4 is 5.32 Å². The van der Waals surface area contributed by atoms with Gasteiger partial charge in [-0.05, 0) is 25.2 Å². The summed E-state index contributed by atoms with van der Waals surface area (Å²) >= 11 is 5.74. The number of anilines is 1. The van der Waals surface area contributed by atoms with E-state index in [0.717, 1.165) is 31.9 Å². The Kier molecular flexibility index (Phi) is 5.88. The van der Waals surface area contributed by atoms with Gasteiger partial charge in [-0.25, -0.2) is 0 Å². The standard InChI is InChI=1S/C12H18ClN3O2/c1-3-15(4-2)8-7-14-10-5-6-11(13)12(9-10)16(17)18/h5-6,9,14H,3-4,7-8H2,1-2H3. The summed E-state index contributed by atoms with van der Waals surface area (Å²) < 4.78 is 0. The lowest BCUT2D eigenvalue weighted by atomic mass is 10.3. The van der Waals surface area contributed by atoms with E-state index in [4.69, 9.17) is 11.6 Å². The number of halogens is 1. The first-order chi connectivity index (χ1) is 8.58. The Hall–Kier alpha value is -1.33. The molecule has 0 amide bonds. The van der Waals surface area contributed by atoms with E-state index >= 15 is 0 Å². The van der Waals surface area contributed by atoms with Crippen molar-refractivity contribution in [3.05, 3.63) is 33.3 Å². The molecule has 0 heterocycles. The van der Waals surface area contributed by atoms with Crippen molar-refractivity contribution in [2.75, 3.05) is 31.5 Å². The van der Waals surface area contributed by atoms with Gasteiger partial charge in [0.2, 0.25) is 0 Å². The molecule has 0 aliphatic rings. The first kappa shape index (κ1) is 14.7. The Labute approximate surface area is 112 Å². The van der Waals surface area contributed by atoms with Gasteiger partial charge < -0.3 is 10.2 Å². The highest BCUT2D eigenvalue weighted by atomic mass is 35.5. The molecule has 1 aromatic carbocycles. The third kappa shape index (κ3) is 4.16. The number of nitro benzene ring substituents is 1. The summed E-state index contributed by atoms with van der Waals surface area (Å²) in [6.07, 6.45) is 0. The van der Waals surface area contributed by atoms with Crippen LogP contribution in [0.5, 0.6) is 0 Å². The fourth-order valence-corrected chi connectivity index (χ4v) is 1.85. The molecule has 1 rings (SSSR count). The molecule has 5 nitrogen and oxygen atoms in total. The lowest BCUT2D eigenvalue weighted by Gasteiger charge is -2.18. The molecule has 18 heavy (non-hydrogen) atoms. The molecule has 100 valence electrons. The lowest BCUT2D eigenvalue weighted by molar-refractivity contribution is -0.384. The summed E-state index contributed by atoms with van der Waals surface area (Å²) in [5.41, 5.74) is 0.655. The zero-order chi connectivity index (χ0) is 13.5. The van der Waals surface area contributed by atoms with E-state index in [1.807, 2.05) is 0 Å². The van der Waals surface area contributed by atoms with Crippen molar-refractivity contribution in [1.29, 1.82) is 0 Å². The van der Waals surface area contributed by atoms with Crippen molar-refractivity contribution in [2.24, 2.45) is 0 Å². The second-order valence-electron chi connectivity index (χ2n) is 3.88. The molecule has 0 fully saturated rings. The molecule has 0 unspecified atom stereocenters. The van der Waals surface area contributed by atoms with Gasteiger partial charge >= 0.3 is 0 Å². The van der Waals surface area contributed by atoms with Crippen LogP contribution in [0, 0.1) is 10.1 Å².